The fourth-order valence-electron chi connectivity index (χ4n) is 1.56. The first-order chi connectivity index (χ1) is 9.02. The summed E-state index contributed by atoms with van der Waals surface area (Å²) in [5, 5.41) is 4.00. The molecular weight excluding hydrogens is 312 g/mol. The first kappa shape index (κ1) is 13.5. The molecule has 0 atom stereocenters. The van der Waals surface area contributed by atoms with Gasteiger partial charge in [0.15, 0.2) is 0 Å². The predicted molar refractivity (Wildman–Crippen MR) is 73.6 cm³/mol. The summed E-state index contributed by atoms with van der Waals surface area (Å²) in [5.41, 5.74) is 1.09. The molecule has 1 heterocycles. The van der Waals surface area contributed by atoms with Crippen molar-refractivity contribution >= 4 is 21.9 Å². The van der Waals surface area contributed by atoms with E-state index in [1.165, 1.54) is 24.1 Å². The van der Waals surface area contributed by atoms with Gasteiger partial charge in [-0.25, -0.2) is 9.48 Å². The number of carbonyl (C=O) groups excluding carboxylic acids is 1. The SMILES string of the molecule is COC(=O)c1nn(-c2ccc(Br)c(C)c2)ccc1=O. The quantitative estimate of drug-likeness (QED) is 0.794. The van der Waals surface area contributed by atoms with Gasteiger partial charge in [0.25, 0.3) is 0 Å². The van der Waals surface area contributed by atoms with Gasteiger partial charge in [-0.05, 0) is 30.7 Å². The lowest BCUT2D eigenvalue weighted by Gasteiger charge is -2.08. The van der Waals surface area contributed by atoms with E-state index in [0.717, 1.165) is 15.7 Å². The highest BCUT2D eigenvalue weighted by Gasteiger charge is 2.13. The Morgan fingerprint density at radius 2 is 2.11 bits per heavy atom. The van der Waals surface area contributed by atoms with Crippen LogP contribution in [0.15, 0.2) is 39.7 Å². The Morgan fingerprint density at radius 3 is 2.74 bits per heavy atom. The van der Waals surface area contributed by atoms with Crippen LogP contribution in [0.1, 0.15) is 16.1 Å². The molecule has 2 rings (SSSR count). The molecule has 98 valence electrons. The Bertz CT molecular complexity index is 695. The van der Waals surface area contributed by atoms with Crippen LogP contribution in [-0.2, 0) is 4.74 Å². The number of aryl methyl sites for hydroxylation is 1. The van der Waals surface area contributed by atoms with E-state index < -0.39 is 11.4 Å². The van der Waals surface area contributed by atoms with E-state index in [1.807, 2.05) is 25.1 Å². The lowest BCUT2D eigenvalue weighted by Crippen LogP contribution is -2.21. The van der Waals surface area contributed by atoms with Crippen LogP contribution in [0.25, 0.3) is 5.69 Å². The number of benzene rings is 1. The highest BCUT2D eigenvalue weighted by molar-refractivity contribution is 9.10. The number of methoxy groups -OCH3 is 1. The maximum atomic E-state index is 11.5. The molecule has 19 heavy (non-hydrogen) atoms. The number of rotatable bonds is 2. The van der Waals surface area contributed by atoms with Crippen LogP contribution in [0, 0.1) is 6.92 Å². The van der Waals surface area contributed by atoms with Crippen molar-refractivity contribution in [2.75, 3.05) is 7.11 Å². The number of ether oxygens (including phenoxy) is 1. The zero-order valence-corrected chi connectivity index (χ0v) is 12.0. The summed E-state index contributed by atoms with van der Waals surface area (Å²) in [4.78, 5) is 23.0. The molecule has 6 heteroatoms. The molecule has 0 N–H and O–H groups in total. The standard InChI is InChI=1S/C13H11BrN2O3/c1-8-7-9(3-4-10(8)14)16-6-5-11(17)12(15-16)13(18)19-2/h3-7H,1-2H3. The molecule has 1 aromatic carbocycles. The van der Waals surface area contributed by atoms with Crippen molar-refractivity contribution in [3.05, 3.63) is 56.4 Å². The summed E-state index contributed by atoms with van der Waals surface area (Å²) in [5.74, 6) is -0.742. The molecule has 0 amide bonds. The maximum absolute atomic E-state index is 11.5. The molecule has 0 saturated carbocycles. The lowest BCUT2D eigenvalue weighted by molar-refractivity contribution is 0.0590. The van der Waals surface area contributed by atoms with Crippen LogP contribution in [-0.4, -0.2) is 22.9 Å². The molecule has 0 unspecified atom stereocenters. The van der Waals surface area contributed by atoms with E-state index in [2.05, 4.69) is 25.8 Å². The molecule has 0 spiro atoms. The van der Waals surface area contributed by atoms with Gasteiger partial charge < -0.3 is 4.74 Å². The summed E-state index contributed by atoms with van der Waals surface area (Å²) in [7, 11) is 1.21. The van der Waals surface area contributed by atoms with Crippen LogP contribution in [0.4, 0.5) is 0 Å². The third-order valence-electron chi connectivity index (χ3n) is 2.59. The van der Waals surface area contributed by atoms with Crippen LogP contribution in [0.2, 0.25) is 0 Å². The maximum Gasteiger partial charge on any atom is 0.362 e. The number of halogens is 1. The predicted octanol–water partition coefficient (Wildman–Crippen LogP) is 2.09. The number of aromatic nitrogens is 2. The molecule has 0 saturated heterocycles. The minimum Gasteiger partial charge on any atom is -0.464 e. The monoisotopic (exact) mass is 322 g/mol. The number of esters is 1. The van der Waals surface area contributed by atoms with Crippen LogP contribution < -0.4 is 5.43 Å². The average Bonchev–Trinajstić information content (AvgIpc) is 2.41. The second-order valence-corrected chi connectivity index (χ2v) is 4.75. The van der Waals surface area contributed by atoms with Gasteiger partial charge in [0.2, 0.25) is 11.1 Å². The molecule has 1 aromatic heterocycles. The van der Waals surface area contributed by atoms with Gasteiger partial charge in [-0.1, -0.05) is 15.9 Å². The van der Waals surface area contributed by atoms with Crippen molar-refractivity contribution in [3.63, 3.8) is 0 Å². The third-order valence-corrected chi connectivity index (χ3v) is 3.48. The topological polar surface area (TPSA) is 61.2 Å². The summed E-state index contributed by atoms with van der Waals surface area (Å²) < 4.78 is 6.97. The molecule has 0 aliphatic carbocycles. The first-order valence-corrected chi connectivity index (χ1v) is 6.27. The summed E-state index contributed by atoms with van der Waals surface area (Å²) in [6.45, 7) is 1.94. The van der Waals surface area contributed by atoms with E-state index >= 15 is 0 Å². The Balaban J connectivity index is 2.54. The van der Waals surface area contributed by atoms with E-state index in [0.29, 0.717) is 0 Å². The van der Waals surface area contributed by atoms with Gasteiger partial charge >= 0.3 is 5.97 Å². The molecule has 2 aromatic rings. The zero-order valence-electron chi connectivity index (χ0n) is 10.4. The van der Waals surface area contributed by atoms with Crippen molar-refractivity contribution < 1.29 is 9.53 Å². The molecule has 0 aliphatic rings. The summed E-state index contributed by atoms with van der Waals surface area (Å²) >= 11 is 3.41. The van der Waals surface area contributed by atoms with Gasteiger partial charge in [-0.2, -0.15) is 5.10 Å². The van der Waals surface area contributed by atoms with Crippen molar-refractivity contribution in [1.29, 1.82) is 0 Å². The van der Waals surface area contributed by atoms with Gasteiger partial charge in [-0.3, -0.25) is 4.79 Å². The largest absolute Gasteiger partial charge is 0.464 e. The Kier molecular flexibility index (Phi) is 3.80. The Hall–Kier alpha value is -1.95. The summed E-state index contributed by atoms with van der Waals surface area (Å²) in [6.07, 6.45) is 1.51. The van der Waals surface area contributed by atoms with E-state index in [4.69, 9.17) is 0 Å². The molecular formula is C13H11BrN2O3. The smallest absolute Gasteiger partial charge is 0.362 e. The normalized spacial score (nSPS) is 10.3. The second kappa shape index (κ2) is 5.36. The van der Waals surface area contributed by atoms with Gasteiger partial charge in [0.05, 0.1) is 12.8 Å². The number of hydrogen-bond donors (Lipinski definition) is 0. The van der Waals surface area contributed by atoms with Gasteiger partial charge in [0, 0.05) is 16.7 Å². The summed E-state index contributed by atoms with van der Waals surface area (Å²) in [6, 6.07) is 6.89. The first-order valence-electron chi connectivity index (χ1n) is 5.48. The molecule has 0 radical (unpaired) electrons. The minimum absolute atomic E-state index is 0.231. The fourth-order valence-corrected chi connectivity index (χ4v) is 1.81. The average molecular weight is 323 g/mol. The molecule has 5 nitrogen and oxygen atoms in total. The van der Waals surface area contributed by atoms with Gasteiger partial charge in [0.1, 0.15) is 0 Å². The fraction of sp³-hybridized carbons (Fsp3) is 0.154. The minimum atomic E-state index is -0.742. The molecule has 0 bridgehead atoms. The highest BCUT2D eigenvalue weighted by atomic mass is 79.9. The molecule has 0 fully saturated rings. The van der Waals surface area contributed by atoms with Crippen molar-refractivity contribution in [1.82, 2.24) is 9.78 Å². The Morgan fingerprint density at radius 1 is 1.37 bits per heavy atom. The number of hydrogen-bond acceptors (Lipinski definition) is 4. The van der Waals surface area contributed by atoms with E-state index in [1.54, 1.807) is 0 Å². The van der Waals surface area contributed by atoms with E-state index in [-0.39, 0.29) is 5.69 Å². The van der Waals surface area contributed by atoms with Crippen LogP contribution in [0.3, 0.4) is 0 Å². The van der Waals surface area contributed by atoms with Gasteiger partial charge in [-0.15, -0.1) is 0 Å². The van der Waals surface area contributed by atoms with E-state index in [9.17, 15) is 9.59 Å². The number of nitrogens with zero attached hydrogens (tertiary/aromatic N) is 2. The van der Waals surface area contributed by atoms with Crippen molar-refractivity contribution in [2.45, 2.75) is 6.92 Å². The van der Waals surface area contributed by atoms with Crippen molar-refractivity contribution in [2.24, 2.45) is 0 Å². The number of carbonyl (C=O) groups is 1. The van der Waals surface area contributed by atoms with Crippen LogP contribution >= 0.6 is 15.9 Å². The lowest BCUT2D eigenvalue weighted by atomic mass is 10.2. The highest BCUT2D eigenvalue weighted by Crippen LogP contribution is 2.18. The second-order valence-electron chi connectivity index (χ2n) is 3.90. The van der Waals surface area contributed by atoms with Crippen LogP contribution in [0.5, 0.6) is 0 Å². The zero-order chi connectivity index (χ0) is 14.0. The third kappa shape index (κ3) is 2.73. The molecule has 0 aliphatic heterocycles. The Labute approximate surface area is 118 Å². The van der Waals surface area contributed by atoms with Crippen molar-refractivity contribution in [3.8, 4) is 5.69 Å².